The molecular formula is C14H24N2. The Morgan fingerprint density at radius 1 is 0.875 bits per heavy atom. The van der Waals surface area contributed by atoms with Crippen molar-refractivity contribution in [3.05, 3.63) is 23.8 Å². The van der Waals surface area contributed by atoms with Gasteiger partial charge in [-0.05, 0) is 12.8 Å². The van der Waals surface area contributed by atoms with Crippen LogP contribution in [-0.4, -0.2) is 9.97 Å². The normalized spacial score (nSPS) is 12.9. The van der Waals surface area contributed by atoms with Gasteiger partial charge >= 0.3 is 0 Å². The first kappa shape index (κ1) is 13.1. The molecule has 0 aliphatic rings. The molecule has 90 valence electrons. The minimum Gasteiger partial charge on any atom is -0.257 e. The lowest BCUT2D eigenvalue weighted by Crippen LogP contribution is -2.23. The summed E-state index contributed by atoms with van der Waals surface area (Å²) in [5.41, 5.74) is 2.43. The molecule has 0 N–H and O–H groups in total. The molecular weight excluding hydrogens is 196 g/mol. The molecule has 2 heteroatoms. The summed E-state index contributed by atoms with van der Waals surface area (Å²) in [5.74, 6) is 0. The van der Waals surface area contributed by atoms with E-state index in [1.165, 1.54) is 0 Å². The van der Waals surface area contributed by atoms with Gasteiger partial charge in [0.1, 0.15) is 0 Å². The Kier molecular flexibility index (Phi) is 3.72. The number of hydrogen-bond donors (Lipinski definition) is 0. The summed E-state index contributed by atoms with van der Waals surface area (Å²) in [5, 5.41) is 0. The Morgan fingerprint density at radius 3 is 1.62 bits per heavy atom. The lowest BCUT2D eigenvalue weighted by Gasteiger charge is -2.26. The van der Waals surface area contributed by atoms with Gasteiger partial charge in [-0.2, -0.15) is 0 Å². The van der Waals surface area contributed by atoms with Crippen molar-refractivity contribution in [2.75, 3.05) is 0 Å². The first-order valence-electron chi connectivity index (χ1n) is 6.16. The third kappa shape index (κ3) is 2.60. The summed E-state index contributed by atoms with van der Waals surface area (Å²) < 4.78 is 0. The van der Waals surface area contributed by atoms with Crippen molar-refractivity contribution in [2.45, 2.75) is 65.2 Å². The maximum Gasteiger partial charge on any atom is 0.0645 e. The summed E-state index contributed by atoms with van der Waals surface area (Å²) in [6.07, 6.45) is 6.09. The van der Waals surface area contributed by atoms with Gasteiger partial charge in [0.05, 0.1) is 11.4 Å². The highest BCUT2D eigenvalue weighted by atomic mass is 14.8. The molecule has 0 saturated carbocycles. The lowest BCUT2D eigenvalue weighted by atomic mass is 9.81. The van der Waals surface area contributed by atoms with Crippen LogP contribution in [0.2, 0.25) is 0 Å². The van der Waals surface area contributed by atoms with Crippen LogP contribution in [0.5, 0.6) is 0 Å². The van der Waals surface area contributed by atoms with Crippen molar-refractivity contribution in [1.29, 1.82) is 0 Å². The Morgan fingerprint density at radius 2 is 1.31 bits per heavy atom. The van der Waals surface area contributed by atoms with E-state index in [9.17, 15) is 0 Å². The minimum absolute atomic E-state index is 0.0837. The molecule has 0 spiro atoms. The van der Waals surface area contributed by atoms with Crippen LogP contribution >= 0.6 is 0 Å². The Bertz CT molecular complexity index is 329. The van der Waals surface area contributed by atoms with Crippen LogP contribution in [0.4, 0.5) is 0 Å². The van der Waals surface area contributed by atoms with Crippen LogP contribution < -0.4 is 0 Å². The van der Waals surface area contributed by atoms with Crippen molar-refractivity contribution in [3.8, 4) is 0 Å². The van der Waals surface area contributed by atoms with Gasteiger partial charge in [0.2, 0.25) is 0 Å². The largest absolute Gasteiger partial charge is 0.257 e. The van der Waals surface area contributed by atoms with Crippen molar-refractivity contribution in [1.82, 2.24) is 9.97 Å². The number of hydrogen-bond acceptors (Lipinski definition) is 2. The van der Waals surface area contributed by atoms with E-state index in [2.05, 4.69) is 51.5 Å². The van der Waals surface area contributed by atoms with Gasteiger partial charge in [-0.25, -0.2) is 0 Å². The second-order valence-electron chi connectivity index (χ2n) is 5.80. The van der Waals surface area contributed by atoms with E-state index >= 15 is 0 Å². The Balaban J connectivity index is 3.04. The molecule has 1 aromatic heterocycles. The van der Waals surface area contributed by atoms with Crippen molar-refractivity contribution in [2.24, 2.45) is 0 Å². The Labute approximate surface area is 99.5 Å². The molecule has 1 rings (SSSR count). The van der Waals surface area contributed by atoms with E-state index in [0.29, 0.717) is 0 Å². The molecule has 0 fully saturated rings. The smallest absolute Gasteiger partial charge is 0.0645 e. The van der Waals surface area contributed by atoms with Gasteiger partial charge in [-0.15, -0.1) is 0 Å². The molecule has 0 bridgehead atoms. The van der Waals surface area contributed by atoms with Crippen LogP contribution in [0.15, 0.2) is 12.4 Å². The second-order valence-corrected chi connectivity index (χ2v) is 5.80. The fraction of sp³-hybridized carbons (Fsp3) is 0.714. The number of aromatic nitrogens is 2. The van der Waals surface area contributed by atoms with E-state index in [4.69, 9.17) is 0 Å². The third-order valence-electron chi connectivity index (χ3n) is 3.60. The van der Waals surface area contributed by atoms with Crippen LogP contribution in [0.1, 0.15) is 65.8 Å². The molecule has 0 radical (unpaired) electrons. The third-order valence-corrected chi connectivity index (χ3v) is 3.60. The molecule has 1 aromatic rings. The second kappa shape index (κ2) is 4.52. The highest BCUT2D eigenvalue weighted by Gasteiger charge is 2.25. The first-order chi connectivity index (χ1) is 7.33. The topological polar surface area (TPSA) is 25.8 Å². The van der Waals surface area contributed by atoms with E-state index < -0.39 is 0 Å². The zero-order valence-corrected chi connectivity index (χ0v) is 11.5. The van der Waals surface area contributed by atoms with Crippen LogP contribution in [0.25, 0.3) is 0 Å². The van der Waals surface area contributed by atoms with Crippen LogP contribution in [0.3, 0.4) is 0 Å². The molecule has 2 nitrogen and oxygen atoms in total. The van der Waals surface area contributed by atoms with Gasteiger partial charge in [0.15, 0.2) is 0 Å². The molecule has 0 saturated heterocycles. The highest BCUT2D eigenvalue weighted by Crippen LogP contribution is 2.29. The summed E-state index contributed by atoms with van der Waals surface area (Å²) >= 11 is 0. The number of nitrogens with zero attached hydrogens (tertiary/aromatic N) is 2. The predicted octanol–water partition coefficient (Wildman–Crippen LogP) is 3.85. The van der Waals surface area contributed by atoms with E-state index in [-0.39, 0.29) is 10.8 Å². The fourth-order valence-electron chi connectivity index (χ4n) is 1.64. The van der Waals surface area contributed by atoms with E-state index in [1.54, 1.807) is 0 Å². The average molecular weight is 220 g/mol. The minimum atomic E-state index is 0.0837. The molecule has 0 aliphatic carbocycles. The molecule has 1 heterocycles. The molecule has 0 atom stereocenters. The molecule has 0 amide bonds. The summed E-state index contributed by atoms with van der Waals surface area (Å²) in [4.78, 5) is 9.15. The predicted molar refractivity (Wildman–Crippen MR) is 68.7 cm³/mol. The van der Waals surface area contributed by atoms with Crippen LogP contribution in [-0.2, 0) is 10.8 Å². The first-order valence-corrected chi connectivity index (χ1v) is 6.16. The standard InChI is InChI=1S/C14H24N2/c1-7-14(6,8-2)12-10-15-11(9-16-12)13(3,4)5/h9-10H,7-8H2,1-6H3. The fourth-order valence-corrected chi connectivity index (χ4v) is 1.64. The summed E-state index contributed by atoms with van der Waals surface area (Å²) in [7, 11) is 0. The van der Waals surface area contributed by atoms with E-state index in [1.807, 2.05) is 12.4 Å². The maximum absolute atomic E-state index is 4.60. The van der Waals surface area contributed by atoms with Crippen LogP contribution in [0, 0.1) is 0 Å². The number of rotatable bonds is 3. The molecule has 0 aromatic carbocycles. The van der Waals surface area contributed by atoms with E-state index in [0.717, 1.165) is 24.2 Å². The quantitative estimate of drug-likeness (QED) is 0.773. The van der Waals surface area contributed by atoms with Gasteiger partial charge in [-0.3, -0.25) is 9.97 Å². The van der Waals surface area contributed by atoms with Gasteiger partial charge < -0.3 is 0 Å². The Hall–Kier alpha value is -0.920. The summed E-state index contributed by atoms with van der Waals surface area (Å²) in [6.45, 7) is 13.2. The van der Waals surface area contributed by atoms with Crippen molar-refractivity contribution in [3.63, 3.8) is 0 Å². The molecule has 0 unspecified atom stereocenters. The average Bonchev–Trinajstić information content (AvgIpc) is 2.27. The van der Waals surface area contributed by atoms with Gasteiger partial charge in [0.25, 0.3) is 0 Å². The maximum atomic E-state index is 4.60. The monoisotopic (exact) mass is 220 g/mol. The zero-order valence-electron chi connectivity index (χ0n) is 11.5. The molecule has 0 aliphatic heterocycles. The summed E-state index contributed by atoms with van der Waals surface area (Å²) in [6, 6.07) is 0. The SMILES string of the molecule is CCC(C)(CC)c1cnc(C(C)(C)C)cn1. The van der Waals surface area contributed by atoms with Gasteiger partial charge in [0, 0.05) is 23.2 Å². The van der Waals surface area contributed by atoms with Crippen molar-refractivity contribution < 1.29 is 0 Å². The van der Waals surface area contributed by atoms with Crippen molar-refractivity contribution >= 4 is 0 Å². The highest BCUT2D eigenvalue weighted by molar-refractivity contribution is 5.16. The lowest BCUT2D eigenvalue weighted by molar-refractivity contribution is 0.422. The zero-order chi connectivity index (χ0) is 12.4. The van der Waals surface area contributed by atoms with Gasteiger partial charge in [-0.1, -0.05) is 41.5 Å². The molecule has 16 heavy (non-hydrogen) atoms.